The highest BCUT2D eigenvalue weighted by Gasteiger charge is 2.25. The molecular formula is C10H17N3O2S. The molecule has 0 aromatic carbocycles. The highest BCUT2D eigenvalue weighted by molar-refractivity contribution is 7.91. The van der Waals surface area contributed by atoms with Gasteiger partial charge in [-0.05, 0) is 19.8 Å². The second kappa shape index (κ2) is 4.18. The summed E-state index contributed by atoms with van der Waals surface area (Å²) in [5.74, 6) is 0.545. The summed E-state index contributed by atoms with van der Waals surface area (Å²) < 4.78 is 24.5. The first-order chi connectivity index (χ1) is 7.52. The van der Waals surface area contributed by atoms with Gasteiger partial charge in [-0.3, -0.25) is 4.68 Å². The van der Waals surface area contributed by atoms with Gasteiger partial charge >= 0.3 is 0 Å². The van der Waals surface area contributed by atoms with Crippen molar-refractivity contribution in [1.29, 1.82) is 0 Å². The monoisotopic (exact) mass is 243 g/mol. The Labute approximate surface area is 95.6 Å². The van der Waals surface area contributed by atoms with Crippen LogP contribution in [0.25, 0.3) is 0 Å². The third kappa shape index (κ3) is 2.27. The molecule has 0 amide bonds. The number of hydrogen-bond donors (Lipinski definition) is 1. The molecule has 0 unspecified atom stereocenters. The van der Waals surface area contributed by atoms with Gasteiger partial charge in [0.15, 0.2) is 0 Å². The summed E-state index contributed by atoms with van der Waals surface area (Å²) >= 11 is 0. The highest BCUT2D eigenvalue weighted by Crippen LogP contribution is 2.24. The van der Waals surface area contributed by atoms with Gasteiger partial charge in [-0.25, -0.2) is 8.42 Å². The summed E-state index contributed by atoms with van der Waals surface area (Å²) in [5.41, 5.74) is 7.56. The Balaban J connectivity index is 2.14. The van der Waals surface area contributed by atoms with E-state index in [0.717, 1.165) is 11.3 Å². The lowest BCUT2D eigenvalue weighted by atomic mass is 10.1. The van der Waals surface area contributed by atoms with Gasteiger partial charge in [0.2, 0.25) is 0 Å². The minimum atomic E-state index is -2.80. The van der Waals surface area contributed by atoms with Crippen molar-refractivity contribution in [3.63, 3.8) is 0 Å². The molecule has 16 heavy (non-hydrogen) atoms. The maximum Gasteiger partial charge on any atom is 0.150 e. The van der Waals surface area contributed by atoms with Crippen molar-refractivity contribution in [2.24, 2.45) is 5.73 Å². The van der Waals surface area contributed by atoms with E-state index in [2.05, 4.69) is 5.10 Å². The van der Waals surface area contributed by atoms with Crippen LogP contribution in [0, 0.1) is 6.92 Å². The predicted octanol–water partition coefficient (Wildman–Crippen LogP) is 0.400. The van der Waals surface area contributed by atoms with Gasteiger partial charge in [-0.2, -0.15) is 5.10 Å². The van der Waals surface area contributed by atoms with Crippen LogP contribution in [0.4, 0.5) is 0 Å². The average Bonchev–Trinajstić information content (AvgIpc) is 2.59. The third-order valence-electron chi connectivity index (χ3n) is 3.14. The number of hydrogen-bond acceptors (Lipinski definition) is 4. The molecule has 5 nitrogen and oxygen atoms in total. The molecule has 0 atom stereocenters. The van der Waals surface area contributed by atoms with Crippen molar-refractivity contribution in [2.45, 2.75) is 32.4 Å². The predicted molar refractivity (Wildman–Crippen MR) is 61.8 cm³/mol. The summed E-state index contributed by atoms with van der Waals surface area (Å²) in [6.45, 7) is 2.41. The molecule has 2 N–H and O–H groups in total. The Kier molecular flexibility index (Phi) is 3.03. The van der Waals surface area contributed by atoms with E-state index in [1.807, 2.05) is 17.8 Å². The summed E-state index contributed by atoms with van der Waals surface area (Å²) in [6.07, 6.45) is 3.26. The smallest absolute Gasteiger partial charge is 0.150 e. The standard InChI is InChI=1S/C10H17N3O2S/c1-8-9(6-11)7-13(12-8)10-2-4-16(14,15)5-3-10/h7,10H,2-6,11H2,1H3. The van der Waals surface area contributed by atoms with E-state index < -0.39 is 9.84 Å². The van der Waals surface area contributed by atoms with E-state index in [9.17, 15) is 8.42 Å². The molecular weight excluding hydrogens is 226 g/mol. The number of rotatable bonds is 2. The van der Waals surface area contributed by atoms with Crippen LogP contribution in [0.2, 0.25) is 0 Å². The quantitative estimate of drug-likeness (QED) is 0.815. The molecule has 0 radical (unpaired) electrons. The van der Waals surface area contributed by atoms with E-state index in [1.165, 1.54) is 0 Å². The normalized spacial score (nSPS) is 21.1. The summed E-state index contributed by atoms with van der Waals surface area (Å²) in [4.78, 5) is 0. The molecule has 0 spiro atoms. The number of sulfone groups is 1. The van der Waals surface area contributed by atoms with Crippen LogP contribution >= 0.6 is 0 Å². The molecule has 1 aliphatic heterocycles. The van der Waals surface area contributed by atoms with Crippen molar-refractivity contribution >= 4 is 9.84 Å². The molecule has 1 aliphatic rings. The van der Waals surface area contributed by atoms with Crippen molar-refractivity contribution < 1.29 is 8.42 Å². The van der Waals surface area contributed by atoms with Crippen LogP contribution in [-0.4, -0.2) is 29.7 Å². The molecule has 0 bridgehead atoms. The molecule has 0 saturated carbocycles. The maximum atomic E-state index is 11.3. The number of nitrogens with two attached hydrogens (primary N) is 1. The van der Waals surface area contributed by atoms with E-state index in [0.29, 0.717) is 19.4 Å². The number of nitrogens with zero attached hydrogens (tertiary/aromatic N) is 2. The summed E-state index contributed by atoms with van der Waals surface area (Å²) in [5, 5.41) is 4.39. The average molecular weight is 243 g/mol. The molecule has 1 aromatic heterocycles. The molecule has 2 rings (SSSR count). The van der Waals surface area contributed by atoms with Crippen LogP contribution < -0.4 is 5.73 Å². The lowest BCUT2D eigenvalue weighted by molar-refractivity contribution is 0.412. The van der Waals surface area contributed by atoms with Gasteiger partial charge < -0.3 is 5.73 Å². The fourth-order valence-electron chi connectivity index (χ4n) is 2.05. The van der Waals surface area contributed by atoms with Crippen molar-refractivity contribution in [1.82, 2.24) is 9.78 Å². The molecule has 1 aromatic rings. The van der Waals surface area contributed by atoms with E-state index >= 15 is 0 Å². The molecule has 6 heteroatoms. The van der Waals surface area contributed by atoms with Crippen molar-refractivity contribution in [2.75, 3.05) is 11.5 Å². The molecule has 0 aliphatic carbocycles. The van der Waals surface area contributed by atoms with Gasteiger partial charge in [-0.1, -0.05) is 0 Å². The first kappa shape index (κ1) is 11.6. The van der Waals surface area contributed by atoms with Crippen LogP contribution in [0.1, 0.15) is 30.1 Å². The van der Waals surface area contributed by atoms with Gasteiger partial charge in [0.25, 0.3) is 0 Å². The second-order valence-corrected chi connectivity index (χ2v) is 6.61. The third-order valence-corrected chi connectivity index (χ3v) is 4.85. The zero-order valence-electron chi connectivity index (χ0n) is 9.39. The minimum Gasteiger partial charge on any atom is -0.326 e. The maximum absolute atomic E-state index is 11.3. The highest BCUT2D eigenvalue weighted by atomic mass is 32.2. The van der Waals surface area contributed by atoms with Crippen LogP contribution in [0.5, 0.6) is 0 Å². The van der Waals surface area contributed by atoms with Gasteiger partial charge in [0, 0.05) is 18.3 Å². The Morgan fingerprint density at radius 2 is 2.12 bits per heavy atom. The van der Waals surface area contributed by atoms with Crippen molar-refractivity contribution in [3.8, 4) is 0 Å². The molecule has 2 heterocycles. The van der Waals surface area contributed by atoms with E-state index in [-0.39, 0.29) is 17.5 Å². The first-order valence-corrected chi connectivity index (χ1v) is 7.29. The number of aryl methyl sites for hydroxylation is 1. The van der Waals surface area contributed by atoms with Gasteiger partial charge in [-0.15, -0.1) is 0 Å². The topological polar surface area (TPSA) is 78.0 Å². The molecule has 1 fully saturated rings. The van der Waals surface area contributed by atoms with Gasteiger partial charge in [0.05, 0.1) is 23.2 Å². The summed E-state index contributed by atoms with van der Waals surface area (Å²) in [7, 11) is -2.80. The fraction of sp³-hybridized carbons (Fsp3) is 0.700. The Hall–Kier alpha value is -0.880. The lowest BCUT2D eigenvalue weighted by Gasteiger charge is -2.22. The fourth-order valence-corrected chi connectivity index (χ4v) is 3.52. The summed E-state index contributed by atoms with van der Waals surface area (Å²) in [6, 6.07) is 0.211. The SMILES string of the molecule is Cc1nn(C2CCS(=O)(=O)CC2)cc1CN. The second-order valence-electron chi connectivity index (χ2n) is 4.31. The van der Waals surface area contributed by atoms with Crippen LogP contribution in [-0.2, 0) is 16.4 Å². The molecule has 90 valence electrons. The van der Waals surface area contributed by atoms with E-state index in [1.54, 1.807) is 0 Å². The number of aromatic nitrogens is 2. The van der Waals surface area contributed by atoms with E-state index in [4.69, 9.17) is 5.73 Å². The first-order valence-electron chi connectivity index (χ1n) is 5.47. The van der Waals surface area contributed by atoms with Crippen LogP contribution in [0.3, 0.4) is 0 Å². The van der Waals surface area contributed by atoms with Crippen molar-refractivity contribution in [3.05, 3.63) is 17.5 Å². The largest absolute Gasteiger partial charge is 0.326 e. The minimum absolute atomic E-state index is 0.211. The van der Waals surface area contributed by atoms with Crippen LogP contribution in [0.15, 0.2) is 6.20 Å². The zero-order chi connectivity index (χ0) is 11.8. The van der Waals surface area contributed by atoms with Gasteiger partial charge in [0.1, 0.15) is 9.84 Å². The Bertz CT molecular complexity index is 464. The zero-order valence-corrected chi connectivity index (χ0v) is 10.2. The molecule has 1 saturated heterocycles. The Morgan fingerprint density at radius 3 is 2.62 bits per heavy atom. The Morgan fingerprint density at radius 1 is 1.50 bits per heavy atom. The lowest BCUT2D eigenvalue weighted by Crippen LogP contribution is -2.25.